The zero-order valence-electron chi connectivity index (χ0n) is 17.0. The van der Waals surface area contributed by atoms with E-state index in [9.17, 15) is 9.59 Å². The molecule has 0 radical (unpaired) electrons. The van der Waals surface area contributed by atoms with Crippen LogP contribution in [0.5, 0.6) is 0 Å². The number of esters is 1. The lowest BCUT2D eigenvalue weighted by molar-refractivity contribution is -0.147. The minimum Gasteiger partial charge on any atom is -0.458 e. The Kier molecular flexibility index (Phi) is 9.14. The Balaban J connectivity index is 2.08. The summed E-state index contributed by atoms with van der Waals surface area (Å²) in [5, 5.41) is 9.34. The van der Waals surface area contributed by atoms with Gasteiger partial charge in [0.1, 0.15) is 12.3 Å². The van der Waals surface area contributed by atoms with Crippen LogP contribution in [0.4, 0.5) is 17.1 Å². The van der Waals surface area contributed by atoms with Gasteiger partial charge in [-0.15, -0.1) is 17.7 Å². The molecule has 0 aliphatic carbocycles. The van der Waals surface area contributed by atoms with Crippen molar-refractivity contribution >= 4 is 64.6 Å². The zero-order valence-corrected chi connectivity index (χ0v) is 19.4. The van der Waals surface area contributed by atoms with Gasteiger partial charge in [0.2, 0.25) is 0 Å². The molecule has 6 nitrogen and oxygen atoms in total. The number of halogens is 2. The van der Waals surface area contributed by atoms with Gasteiger partial charge in [0.15, 0.2) is 5.78 Å². The fourth-order valence-electron chi connectivity index (χ4n) is 2.61. The molecule has 0 unspecified atom stereocenters. The van der Waals surface area contributed by atoms with Gasteiger partial charge in [0.25, 0.3) is 0 Å². The highest BCUT2D eigenvalue weighted by Gasteiger charge is 2.11. The van der Waals surface area contributed by atoms with Crippen molar-refractivity contribution in [1.82, 2.24) is 0 Å². The maximum atomic E-state index is 11.8. The van der Waals surface area contributed by atoms with Crippen LogP contribution in [0.2, 0.25) is 10.0 Å². The second-order valence-electron chi connectivity index (χ2n) is 6.62. The SMILES string of the molecule is CCN(CCC(=O)OCC(C)=O)c1ccc(N=Nc2cc(Cl)c(S)cc2Cl)c(C)c1. The Morgan fingerprint density at radius 3 is 2.43 bits per heavy atom. The summed E-state index contributed by atoms with van der Waals surface area (Å²) in [7, 11) is 0. The highest BCUT2D eigenvalue weighted by atomic mass is 35.5. The number of carbonyl (C=O) groups excluding carboxylic acids is 2. The Morgan fingerprint density at radius 2 is 1.80 bits per heavy atom. The van der Waals surface area contributed by atoms with Gasteiger partial charge in [-0.25, -0.2) is 0 Å². The van der Waals surface area contributed by atoms with Crippen molar-refractivity contribution in [1.29, 1.82) is 0 Å². The van der Waals surface area contributed by atoms with Crippen LogP contribution in [-0.2, 0) is 14.3 Å². The second-order valence-corrected chi connectivity index (χ2v) is 7.91. The molecule has 2 aromatic carbocycles. The molecule has 0 N–H and O–H groups in total. The lowest BCUT2D eigenvalue weighted by atomic mass is 10.1. The molecular weight excluding hydrogens is 445 g/mol. The smallest absolute Gasteiger partial charge is 0.308 e. The fourth-order valence-corrected chi connectivity index (χ4v) is 3.24. The number of carbonyl (C=O) groups is 2. The monoisotopic (exact) mass is 467 g/mol. The van der Waals surface area contributed by atoms with Crippen molar-refractivity contribution in [2.75, 3.05) is 24.6 Å². The van der Waals surface area contributed by atoms with E-state index in [1.807, 2.05) is 36.9 Å². The number of thiol groups is 1. The molecule has 9 heteroatoms. The van der Waals surface area contributed by atoms with Crippen molar-refractivity contribution in [2.45, 2.75) is 32.1 Å². The highest BCUT2D eigenvalue weighted by molar-refractivity contribution is 7.80. The number of rotatable bonds is 9. The Morgan fingerprint density at radius 1 is 1.10 bits per heavy atom. The Labute approximate surface area is 191 Å². The van der Waals surface area contributed by atoms with Crippen LogP contribution in [0.15, 0.2) is 45.5 Å². The number of azo groups is 1. The summed E-state index contributed by atoms with van der Waals surface area (Å²) >= 11 is 16.5. The number of anilines is 1. The molecule has 0 heterocycles. The standard InChI is InChI=1S/C21H23Cl2N3O3S/c1-4-26(8-7-21(28)29-12-14(3)27)15-5-6-18(13(2)9-15)24-25-19-10-17(23)20(30)11-16(19)22/h5-6,9-11,30H,4,7-8,12H2,1-3H3. The van der Waals surface area contributed by atoms with Crippen LogP contribution in [0.25, 0.3) is 0 Å². The molecule has 0 spiro atoms. The molecule has 0 aliphatic heterocycles. The Hall–Kier alpha value is -2.09. The number of benzene rings is 2. The highest BCUT2D eigenvalue weighted by Crippen LogP contribution is 2.34. The average Bonchev–Trinajstić information content (AvgIpc) is 2.69. The normalized spacial score (nSPS) is 11.0. The molecule has 0 amide bonds. The summed E-state index contributed by atoms with van der Waals surface area (Å²) in [6.07, 6.45) is 0.196. The molecule has 2 aromatic rings. The summed E-state index contributed by atoms with van der Waals surface area (Å²) in [6, 6.07) is 8.98. The van der Waals surface area contributed by atoms with Crippen molar-refractivity contribution in [3.05, 3.63) is 45.9 Å². The predicted molar refractivity (Wildman–Crippen MR) is 123 cm³/mol. The number of hydrogen-bond donors (Lipinski definition) is 1. The number of nitrogens with zero attached hydrogens (tertiary/aromatic N) is 3. The summed E-state index contributed by atoms with van der Waals surface area (Å²) in [5.41, 5.74) is 3.02. The van der Waals surface area contributed by atoms with Crippen LogP contribution in [0, 0.1) is 6.92 Å². The summed E-state index contributed by atoms with van der Waals surface area (Å²) in [5.74, 6) is -0.574. The minimum atomic E-state index is -0.395. The quantitative estimate of drug-likeness (QED) is 0.264. The van der Waals surface area contributed by atoms with Crippen molar-refractivity contribution < 1.29 is 14.3 Å². The first-order valence-corrected chi connectivity index (χ1v) is 10.5. The topological polar surface area (TPSA) is 71.3 Å². The van der Waals surface area contributed by atoms with E-state index in [-0.39, 0.29) is 18.8 Å². The van der Waals surface area contributed by atoms with Crippen LogP contribution < -0.4 is 4.90 Å². The molecule has 2 rings (SSSR count). The van der Waals surface area contributed by atoms with Gasteiger partial charge in [0, 0.05) is 23.7 Å². The largest absolute Gasteiger partial charge is 0.458 e. The summed E-state index contributed by atoms with van der Waals surface area (Å²) in [6.45, 7) is 6.32. The number of Topliss-reactive ketones (excluding diaryl/α,β-unsaturated/α-hetero) is 1. The van der Waals surface area contributed by atoms with Gasteiger partial charge >= 0.3 is 5.97 Å². The minimum absolute atomic E-state index is 0.179. The van der Waals surface area contributed by atoms with E-state index in [0.29, 0.717) is 39.4 Å². The van der Waals surface area contributed by atoms with Crippen LogP contribution in [0.3, 0.4) is 0 Å². The third-order valence-electron chi connectivity index (χ3n) is 4.23. The first kappa shape index (κ1) is 24.2. The van der Waals surface area contributed by atoms with Gasteiger partial charge in [-0.05, 0) is 56.7 Å². The predicted octanol–water partition coefficient (Wildman–Crippen LogP) is 6.35. The molecule has 0 aliphatic rings. The van der Waals surface area contributed by atoms with E-state index in [1.165, 1.54) is 6.92 Å². The van der Waals surface area contributed by atoms with Crippen molar-refractivity contribution in [2.24, 2.45) is 10.2 Å². The molecule has 0 aromatic heterocycles. The van der Waals surface area contributed by atoms with Gasteiger partial charge in [-0.3, -0.25) is 9.59 Å². The summed E-state index contributed by atoms with van der Waals surface area (Å²) < 4.78 is 4.91. The van der Waals surface area contributed by atoms with E-state index < -0.39 is 5.97 Å². The second kappa shape index (κ2) is 11.3. The van der Waals surface area contributed by atoms with Gasteiger partial charge < -0.3 is 9.64 Å². The third kappa shape index (κ3) is 7.00. The lowest BCUT2D eigenvalue weighted by Crippen LogP contribution is -2.26. The van der Waals surface area contributed by atoms with Crippen LogP contribution in [-0.4, -0.2) is 31.4 Å². The van der Waals surface area contributed by atoms with Gasteiger partial charge in [-0.1, -0.05) is 23.2 Å². The van der Waals surface area contributed by atoms with Gasteiger partial charge in [0.05, 0.1) is 22.2 Å². The first-order chi connectivity index (χ1) is 14.2. The molecule has 0 fully saturated rings. The average molecular weight is 468 g/mol. The van der Waals surface area contributed by atoms with Crippen molar-refractivity contribution in [3.8, 4) is 0 Å². The fraction of sp³-hybridized carbons (Fsp3) is 0.333. The molecule has 0 atom stereocenters. The molecule has 0 saturated carbocycles. The zero-order chi connectivity index (χ0) is 22.3. The van der Waals surface area contributed by atoms with Crippen molar-refractivity contribution in [3.63, 3.8) is 0 Å². The molecular formula is C21H23Cl2N3O3S. The van der Waals surface area contributed by atoms with Crippen LogP contribution in [0.1, 0.15) is 25.8 Å². The lowest BCUT2D eigenvalue weighted by Gasteiger charge is -2.23. The Bertz CT molecular complexity index is 967. The maximum Gasteiger partial charge on any atom is 0.308 e. The van der Waals surface area contributed by atoms with E-state index in [0.717, 1.165) is 11.3 Å². The molecule has 160 valence electrons. The number of ether oxygens (including phenoxy) is 1. The molecule has 0 bridgehead atoms. The van der Waals surface area contributed by atoms with Crippen LogP contribution >= 0.6 is 35.8 Å². The molecule has 30 heavy (non-hydrogen) atoms. The number of hydrogen-bond acceptors (Lipinski definition) is 7. The number of aryl methyl sites for hydroxylation is 1. The number of ketones is 1. The molecule has 0 saturated heterocycles. The van der Waals surface area contributed by atoms with Gasteiger partial charge in [-0.2, -0.15) is 5.11 Å². The van der Waals surface area contributed by atoms with E-state index >= 15 is 0 Å². The summed E-state index contributed by atoms with van der Waals surface area (Å²) in [4.78, 5) is 25.3. The maximum absolute atomic E-state index is 11.8. The third-order valence-corrected chi connectivity index (χ3v) is 5.35. The first-order valence-electron chi connectivity index (χ1n) is 9.31. The van der Waals surface area contributed by atoms with E-state index in [4.69, 9.17) is 27.9 Å². The van der Waals surface area contributed by atoms with E-state index in [1.54, 1.807) is 12.1 Å². The van der Waals surface area contributed by atoms with E-state index in [2.05, 4.69) is 22.9 Å².